The van der Waals surface area contributed by atoms with Gasteiger partial charge in [0, 0.05) is 5.56 Å². The van der Waals surface area contributed by atoms with Crippen LogP contribution in [0.15, 0.2) is 59.1 Å². The Morgan fingerprint density at radius 2 is 1.67 bits per heavy atom. The maximum absolute atomic E-state index is 12.3. The summed E-state index contributed by atoms with van der Waals surface area (Å²) in [4.78, 5) is 12.3. The van der Waals surface area contributed by atoms with Crippen LogP contribution in [0.4, 0.5) is 0 Å². The Morgan fingerprint density at radius 3 is 2.38 bits per heavy atom. The van der Waals surface area contributed by atoms with Crippen molar-refractivity contribution in [3.8, 4) is 5.75 Å². The molecule has 0 radical (unpaired) electrons. The summed E-state index contributed by atoms with van der Waals surface area (Å²) in [6.45, 7) is 0. The average Bonchev–Trinajstić information content (AvgIpc) is 2.47. The van der Waals surface area contributed by atoms with Crippen LogP contribution in [-0.4, -0.2) is 19.3 Å². The van der Waals surface area contributed by atoms with Gasteiger partial charge in [-0.2, -0.15) is 0 Å². The summed E-state index contributed by atoms with van der Waals surface area (Å²) in [5, 5.41) is 9.23. The monoisotopic (exact) mass is 301 g/mol. The van der Waals surface area contributed by atoms with Crippen LogP contribution in [0, 0.1) is 0 Å². The quantitative estimate of drug-likeness (QED) is 0.788. The molecular weight excluding hydrogens is 290 g/mol. The fourth-order valence-electron chi connectivity index (χ4n) is 2.11. The van der Waals surface area contributed by atoms with E-state index in [4.69, 9.17) is 0 Å². The first-order valence-corrected chi connectivity index (χ1v) is 7.63. The van der Waals surface area contributed by atoms with E-state index in [0.29, 0.717) is 5.56 Å². The predicted molar refractivity (Wildman–Crippen MR) is 77.2 cm³/mol. The molecule has 6 heteroatoms. The Kier molecular flexibility index (Phi) is 3.03. The van der Waals surface area contributed by atoms with Crippen molar-refractivity contribution in [2.24, 2.45) is 0 Å². The summed E-state index contributed by atoms with van der Waals surface area (Å²) in [5.74, 6) is -0.286. The Balaban J connectivity index is 2.11. The second-order valence-electron chi connectivity index (χ2n) is 4.58. The molecule has 0 amide bonds. The number of nitrogens with one attached hydrogen (secondary N) is 1. The molecule has 1 heterocycles. The van der Waals surface area contributed by atoms with E-state index in [1.54, 1.807) is 24.3 Å². The summed E-state index contributed by atoms with van der Waals surface area (Å²) in [6, 6.07) is 12.2. The summed E-state index contributed by atoms with van der Waals surface area (Å²) in [5.41, 5.74) is 0.749. The maximum Gasteiger partial charge on any atom is 0.262 e. The number of phenols is 1. The molecule has 3 rings (SSSR count). The van der Waals surface area contributed by atoms with E-state index in [-0.39, 0.29) is 27.7 Å². The SMILES string of the molecule is O=C1/C(=C/c2ccc(O)cc2)NS(=O)(=O)c2ccccc21. The molecular formula is C15H11NO4S. The first-order chi connectivity index (χ1) is 9.97. The van der Waals surface area contributed by atoms with E-state index in [2.05, 4.69) is 4.72 Å². The normalized spacial score (nSPS) is 18.1. The molecule has 0 saturated heterocycles. The number of hydrogen-bond donors (Lipinski definition) is 2. The molecule has 0 aromatic heterocycles. The maximum atomic E-state index is 12.3. The number of benzene rings is 2. The zero-order valence-corrected chi connectivity index (χ0v) is 11.6. The number of sulfonamides is 1. The lowest BCUT2D eigenvalue weighted by Gasteiger charge is -2.19. The number of phenolic OH excluding ortho intramolecular Hbond substituents is 1. The van der Waals surface area contributed by atoms with Crippen LogP contribution in [-0.2, 0) is 10.0 Å². The lowest BCUT2D eigenvalue weighted by atomic mass is 10.1. The van der Waals surface area contributed by atoms with Gasteiger partial charge in [-0.05, 0) is 35.9 Å². The number of aromatic hydroxyl groups is 1. The fraction of sp³-hybridized carbons (Fsp3) is 0. The highest BCUT2D eigenvalue weighted by atomic mass is 32.2. The van der Waals surface area contributed by atoms with E-state index in [9.17, 15) is 18.3 Å². The highest BCUT2D eigenvalue weighted by Gasteiger charge is 2.31. The first kappa shape index (κ1) is 13.4. The summed E-state index contributed by atoms with van der Waals surface area (Å²) in [6.07, 6.45) is 1.44. The number of carbonyl (C=O) groups is 1. The van der Waals surface area contributed by atoms with Gasteiger partial charge in [0.1, 0.15) is 5.75 Å². The van der Waals surface area contributed by atoms with E-state index in [1.807, 2.05) is 0 Å². The zero-order chi connectivity index (χ0) is 15.0. The molecule has 0 aliphatic carbocycles. The number of allylic oxidation sites excluding steroid dienone is 1. The summed E-state index contributed by atoms with van der Waals surface area (Å²) in [7, 11) is -3.74. The predicted octanol–water partition coefficient (Wildman–Crippen LogP) is 1.91. The molecule has 0 spiro atoms. The standard InChI is InChI=1S/C15H11NO4S/c17-11-7-5-10(6-8-11)9-13-15(18)12-3-1-2-4-14(12)21(19,20)16-13/h1-9,16-17H/b13-9-. The van der Waals surface area contributed by atoms with Crippen molar-refractivity contribution >= 4 is 21.9 Å². The van der Waals surface area contributed by atoms with Gasteiger partial charge in [-0.25, -0.2) is 8.42 Å². The Hall–Kier alpha value is -2.60. The van der Waals surface area contributed by atoms with Crippen LogP contribution in [0.2, 0.25) is 0 Å². The topological polar surface area (TPSA) is 83.5 Å². The molecule has 21 heavy (non-hydrogen) atoms. The van der Waals surface area contributed by atoms with Crippen molar-refractivity contribution in [3.63, 3.8) is 0 Å². The summed E-state index contributed by atoms with van der Waals surface area (Å²) < 4.78 is 26.5. The van der Waals surface area contributed by atoms with Gasteiger partial charge < -0.3 is 5.11 Å². The Morgan fingerprint density at radius 1 is 1.00 bits per heavy atom. The lowest BCUT2D eigenvalue weighted by Crippen LogP contribution is -2.34. The molecule has 0 saturated carbocycles. The average molecular weight is 301 g/mol. The Labute approximate surface area is 121 Å². The molecule has 1 aliphatic heterocycles. The minimum absolute atomic E-state index is 0.0145. The van der Waals surface area contributed by atoms with Crippen LogP contribution in [0.5, 0.6) is 5.75 Å². The molecule has 106 valence electrons. The van der Waals surface area contributed by atoms with Gasteiger partial charge in [0.05, 0.1) is 10.6 Å². The molecule has 2 N–H and O–H groups in total. The number of carbonyl (C=O) groups excluding carboxylic acids is 1. The van der Waals surface area contributed by atoms with Gasteiger partial charge >= 0.3 is 0 Å². The molecule has 1 aliphatic rings. The van der Waals surface area contributed by atoms with Gasteiger partial charge in [-0.3, -0.25) is 9.52 Å². The third-order valence-corrected chi connectivity index (χ3v) is 4.54. The number of rotatable bonds is 1. The van der Waals surface area contributed by atoms with Crippen molar-refractivity contribution < 1.29 is 18.3 Å². The van der Waals surface area contributed by atoms with Crippen molar-refractivity contribution in [1.29, 1.82) is 0 Å². The van der Waals surface area contributed by atoms with Gasteiger partial charge in [-0.1, -0.05) is 24.3 Å². The molecule has 0 fully saturated rings. The molecule has 2 aromatic carbocycles. The number of ketones is 1. The largest absolute Gasteiger partial charge is 0.508 e. The highest BCUT2D eigenvalue weighted by Crippen LogP contribution is 2.25. The van der Waals surface area contributed by atoms with Crippen molar-refractivity contribution in [2.75, 3.05) is 0 Å². The molecule has 2 aromatic rings. The van der Waals surface area contributed by atoms with E-state index in [0.717, 1.165) is 0 Å². The van der Waals surface area contributed by atoms with Gasteiger partial charge in [-0.15, -0.1) is 0 Å². The van der Waals surface area contributed by atoms with Gasteiger partial charge in [0.25, 0.3) is 10.0 Å². The van der Waals surface area contributed by atoms with Crippen LogP contribution in [0.1, 0.15) is 15.9 Å². The highest BCUT2D eigenvalue weighted by molar-refractivity contribution is 7.90. The number of fused-ring (bicyclic) bond motifs is 1. The second-order valence-corrected chi connectivity index (χ2v) is 6.23. The first-order valence-electron chi connectivity index (χ1n) is 6.15. The van der Waals surface area contributed by atoms with Gasteiger partial charge in [0.2, 0.25) is 5.78 Å². The van der Waals surface area contributed by atoms with Crippen LogP contribution < -0.4 is 4.72 Å². The number of Topliss-reactive ketones (excluding diaryl/α,β-unsaturated/α-hetero) is 1. The van der Waals surface area contributed by atoms with E-state index < -0.39 is 10.0 Å². The minimum Gasteiger partial charge on any atom is -0.508 e. The molecule has 0 unspecified atom stereocenters. The zero-order valence-electron chi connectivity index (χ0n) is 10.8. The third-order valence-electron chi connectivity index (χ3n) is 3.11. The van der Waals surface area contributed by atoms with Crippen LogP contribution in [0.3, 0.4) is 0 Å². The summed E-state index contributed by atoms with van der Waals surface area (Å²) >= 11 is 0. The smallest absolute Gasteiger partial charge is 0.262 e. The fourth-order valence-corrected chi connectivity index (χ4v) is 3.37. The third kappa shape index (κ3) is 2.41. The molecule has 5 nitrogen and oxygen atoms in total. The van der Waals surface area contributed by atoms with E-state index >= 15 is 0 Å². The van der Waals surface area contributed by atoms with Crippen LogP contribution >= 0.6 is 0 Å². The van der Waals surface area contributed by atoms with Crippen LogP contribution in [0.25, 0.3) is 6.08 Å². The van der Waals surface area contributed by atoms with Crippen molar-refractivity contribution in [2.45, 2.75) is 4.90 Å². The van der Waals surface area contributed by atoms with Crippen molar-refractivity contribution in [3.05, 3.63) is 65.4 Å². The Bertz CT molecular complexity index is 851. The molecule has 0 bridgehead atoms. The molecule has 0 atom stereocenters. The van der Waals surface area contributed by atoms with E-state index in [1.165, 1.54) is 30.3 Å². The van der Waals surface area contributed by atoms with Gasteiger partial charge in [0.15, 0.2) is 0 Å². The number of hydrogen-bond acceptors (Lipinski definition) is 4. The lowest BCUT2D eigenvalue weighted by molar-refractivity contribution is 0.102. The van der Waals surface area contributed by atoms with Crippen molar-refractivity contribution in [1.82, 2.24) is 4.72 Å². The second kappa shape index (κ2) is 4.75. The minimum atomic E-state index is -3.74.